The maximum absolute atomic E-state index is 13.9. The van der Waals surface area contributed by atoms with Crippen LogP contribution in [0.25, 0.3) is 0 Å². The third-order valence-corrected chi connectivity index (χ3v) is 7.79. The number of carbonyl (C=O) groups is 1. The van der Waals surface area contributed by atoms with Crippen LogP contribution in [0, 0.1) is 0 Å². The average molecular weight is 515 g/mol. The zero-order valence-electron chi connectivity index (χ0n) is 21.8. The second-order valence-electron chi connectivity index (χ2n) is 10.3. The fourth-order valence-corrected chi connectivity index (χ4v) is 5.51. The molecule has 1 aromatic heterocycles. The Kier molecular flexibility index (Phi) is 8.83. The van der Waals surface area contributed by atoms with Crippen molar-refractivity contribution in [1.82, 2.24) is 25.1 Å². The number of piperazine rings is 1. The summed E-state index contributed by atoms with van der Waals surface area (Å²) in [5.41, 5.74) is 2.81. The number of aliphatic hydroxyl groups is 1. The topological polar surface area (TPSA) is 84.8 Å². The van der Waals surface area contributed by atoms with Gasteiger partial charge in [-0.05, 0) is 50.9 Å². The second-order valence-corrected chi connectivity index (χ2v) is 10.7. The maximum Gasteiger partial charge on any atom is 0.231 e. The highest BCUT2D eigenvalue weighted by Gasteiger charge is 2.35. The summed E-state index contributed by atoms with van der Waals surface area (Å²) in [7, 11) is 1.95. The van der Waals surface area contributed by atoms with Crippen molar-refractivity contribution >= 4 is 23.3 Å². The summed E-state index contributed by atoms with van der Waals surface area (Å²) in [4.78, 5) is 29.4. The zero-order valence-corrected chi connectivity index (χ0v) is 22.6. The van der Waals surface area contributed by atoms with Crippen LogP contribution in [-0.4, -0.2) is 89.7 Å². The largest absolute Gasteiger partial charge is 0.387 e. The monoisotopic (exact) mass is 514 g/mol. The Bertz CT molecular complexity index is 1030. The fraction of sp³-hybridized carbons (Fsp3) is 0.593. The van der Waals surface area contributed by atoms with E-state index in [1.807, 2.05) is 36.2 Å². The van der Waals surface area contributed by atoms with Gasteiger partial charge in [0.15, 0.2) is 0 Å². The maximum atomic E-state index is 13.9. The van der Waals surface area contributed by atoms with E-state index in [9.17, 15) is 9.90 Å². The first-order valence-corrected chi connectivity index (χ1v) is 13.4. The van der Waals surface area contributed by atoms with Crippen LogP contribution in [0.3, 0.4) is 0 Å². The van der Waals surface area contributed by atoms with E-state index >= 15 is 0 Å². The number of aromatic nitrogens is 2. The highest BCUT2D eigenvalue weighted by molar-refractivity contribution is 6.30. The lowest BCUT2D eigenvalue weighted by Gasteiger charge is -2.39. The van der Waals surface area contributed by atoms with Crippen LogP contribution in [0.5, 0.6) is 0 Å². The third kappa shape index (κ3) is 5.83. The van der Waals surface area contributed by atoms with Gasteiger partial charge in [0.2, 0.25) is 5.91 Å². The fourth-order valence-electron chi connectivity index (χ4n) is 5.38. The minimum Gasteiger partial charge on any atom is -0.387 e. The van der Waals surface area contributed by atoms with Gasteiger partial charge in [-0.2, -0.15) is 0 Å². The molecule has 196 valence electrons. The van der Waals surface area contributed by atoms with Crippen molar-refractivity contribution in [1.29, 1.82) is 0 Å². The van der Waals surface area contributed by atoms with E-state index in [1.165, 1.54) is 0 Å². The number of aliphatic hydroxyl groups excluding tert-OH is 1. The molecule has 1 amide bonds. The summed E-state index contributed by atoms with van der Waals surface area (Å²) in [5.74, 6) is 1.03. The molecule has 2 aromatic rings. The van der Waals surface area contributed by atoms with Crippen LogP contribution in [-0.2, 0) is 4.79 Å². The van der Waals surface area contributed by atoms with Gasteiger partial charge in [-0.1, -0.05) is 30.7 Å². The Morgan fingerprint density at radius 2 is 1.89 bits per heavy atom. The number of nitrogens with one attached hydrogen (secondary N) is 1. The average Bonchev–Trinajstić information content (AvgIpc) is 3.18. The summed E-state index contributed by atoms with van der Waals surface area (Å²) in [6.07, 6.45) is 1.71. The highest BCUT2D eigenvalue weighted by atomic mass is 35.5. The van der Waals surface area contributed by atoms with Crippen LogP contribution in [0.4, 0.5) is 5.82 Å². The van der Waals surface area contributed by atoms with Crippen LogP contribution < -0.4 is 10.2 Å². The lowest BCUT2D eigenvalue weighted by Crippen LogP contribution is -2.52. The summed E-state index contributed by atoms with van der Waals surface area (Å²) in [6, 6.07) is 8.03. The van der Waals surface area contributed by atoms with Crippen molar-refractivity contribution in [2.75, 3.05) is 57.8 Å². The summed E-state index contributed by atoms with van der Waals surface area (Å²) in [5, 5.41) is 14.3. The molecule has 0 radical (unpaired) electrons. The van der Waals surface area contributed by atoms with Crippen molar-refractivity contribution in [3.05, 3.63) is 52.4 Å². The Labute approximate surface area is 219 Å². The summed E-state index contributed by atoms with van der Waals surface area (Å²) < 4.78 is 0. The van der Waals surface area contributed by atoms with E-state index in [-0.39, 0.29) is 17.7 Å². The molecule has 1 fully saturated rings. The smallest absolute Gasteiger partial charge is 0.231 e. The molecule has 2 N–H and O–H groups in total. The Hall–Kier alpha value is -2.26. The lowest BCUT2D eigenvalue weighted by molar-refractivity contribution is -0.133. The van der Waals surface area contributed by atoms with E-state index < -0.39 is 6.10 Å². The van der Waals surface area contributed by atoms with Crippen LogP contribution >= 0.6 is 11.6 Å². The molecule has 8 nitrogen and oxygen atoms in total. The third-order valence-electron chi connectivity index (χ3n) is 7.54. The van der Waals surface area contributed by atoms with Gasteiger partial charge in [0.1, 0.15) is 12.1 Å². The molecule has 1 saturated heterocycles. The molecular weight excluding hydrogens is 476 g/mol. The molecule has 4 rings (SSSR count). The first-order valence-electron chi connectivity index (χ1n) is 13.0. The van der Waals surface area contributed by atoms with Gasteiger partial charge < -0.3 is 20.2 Å². The molecule has 0 spiro atoms. The van der Waals surface area contributed by atoms with E-state index in [4.69, 9.17) is 11.6 Å². The first kappa shape index (κ1) is 26.8. The second kappa shape index (κ2) is 11.9. The molecule has 2 heterocycles. The molecule has 1 aromatic carbocycles. The number of nitrogens with zero attached hydrogens (tertiary/aromatic N) is 5. The van der Waals surface area contributed by atoms with Gasteiger partial charge in [0, 0.05) is 62.4 Å². The van der Waals surface area contributed by atoms with E-state index in [0.29, 0.717) is 50.2 Å². The van der Waals surface area contributed by atoms with Crippen molar-refractivity contribution < 1.29 is 9.90 Å². The molecule has 0 saturated carbocycles. The minimum absolute atomic E-state index is 0.156. The highest BCUT2D eigenvalue weighted by Crippen LogP contribution is 2.42. The molecule has 0 unspecified atom stereocenters. The van der Waals surface area contributed by atoms with Gasteiger partial charge in [-0.25, -0.2) is 9.97 Å². The molecule has 1 aliphatic carbocycles. The zero-order chi connectivity index (χ0) is 25.8. The van der Waals surface area contributed by atoms with Crippen LogP contribution in [0.1, 0.15) is 62.0 Å². The van der Waals surface area contributed by atoms with E-state index in [1.54, 1.807) is 6.33 Å². The number of amides is 1. The van der Waals surface area contributed by atoms with Crippen LogP contribution in [0.15, 0.2) is 30.6 Å². The number of halogens is 1. The van der Waals surface area contributed by atoms with Gasteiger partial charge in [0.25, 0.3) is 0 Å². The Balaban J connectivity index is 1.50. The summed E-state index contributed by atoms with van der Waals surface area (Å²) in [6.45, 7) is 11.6. The predicted molar refractivity (Wildman–Crippen MR) is 144 cm³/mol. The molecule has 3 atom stereocenters. The summed E-state index contributed by atoms with van der Waals surface area (Å²) >= 11 is 6.16. The number of hydrogen-bond acceptors (Lipinski definition) is 7. The van der Waals surface area contributed by atoms with Gasteiger partial charge in [-0.3, -0.25) is 9.69 Å². The Morgan fingerprint density at radius 3 is 2.53 bits per heavy atom. The molecule has 2 aliphatic rings. The van der Waals surface area contributed by atoms with Crippen molar-refractivity contribution in [2.45, 2.75) is 51.2 Å². The molecule has 1 aliphatic heterocycles. The number of fused-ring (bicyclic) bond motifs is 1. The van der Waals surface area contributed by atoms with Gasteiger partial charge in [0.05, 0.1) is 17.7 Å². The Morgan fingerprint density at radius 1 is 1.19 bits per heavy atom. The number of hydrogen-bond donors (Lipinski definition) is 2. The predicted octanol–water partition coefficient (Wildman–Crippen LogP) is 3.03. The van der Waals surface area contributed by atoms with Crippen molar-refractivity contribution in [3.8, 4) is 0 Å². The molecular formula is C27H39ClN6O2. The quantitative estimate of drug-likeness (QED) is 0.532. The molecule has 9 heteroatoms. The number of carbonyl (C=O) groups excluding carboxylic acids is 1. The van der Waals surface area contributed by atoms with Gasteiger partial charge >= 0.3 is 0 Å². The van der Waals surface area contributed by atoms with Crippen molar-refractivity contribution in [3.63, 3.8) is 0 Å². The van der Waals surface area contributed by atoms with Crippen LogP contribution in [0.2, 0.25) is 5.02 Å². The normalized spacial score (nSPS) is 20.8. The SMILES string of the molecule is CNCCN(C[C@@H](C(=O)N1CCN(c2ncnc3c2[C@H](C)C[C@H]3O)CC1)c1ccc(Cl)cc1)C(C)C. The van der Waals surface area contributed by atoms with E-state index in [0.717, 1.165) is 35.7 Å². The number of anilines is 1. The minimum atomic E-state index is -0.522. The first-order chi connectivity index (χ1) is 17.3. The standard InChI is InChI=1S/C27H39ClN6O2/c1-18(2)34(10-9-29-4)16-22(20-5-7-21(28)8-6-20)27(36)33-13-11-32(12-14-33)26-24-19(3)15-23(35)25(24)30-17-31-26/h5-8,17-19,22-23,29,35H,9-16H2,1-4H3/t19-,22-,23-/m1/s1. The lowest BCUT2D eigenvalue weighted by atomic mass is 9.95. The van der Waals surface area contributed by atoms with Gasteiger partial charge in [-0.15, -0.1) is 0 Å². The number of rotatable bonds is 9. The number of benzene rings is 1. The van der Waals surface area contributed by atoms with Crippen molar-refractivity contribution in [2.24, 2.45) is 0 Å². The molecule has 0 bridgehead atoms. The van der Waals surface area contributed by atoms with E-state index in [2.05, 4.69) is 45.9 Å². The number of likely N-dealkylation sites (N-methyl/N-ethyl adjacent to an activating group) is 1. The molecule has 36 heavy (non-hydrogen) atoms.